The fourth-order valence-electron chi connectivity index (χ4n) is 3.41. The molecule has 1 fully saturated rings. The van der Waals surface area contributed by atoms with Crippen LogP contribution in [0.5, 0.6) is 0 Å². The van der Waals surface area contributed by atoms with E-state index in [0.717, 1.165) is 0 Å². The Kier molecular flexibility index (Phi) is 5.25. The summed E-state index contributed by atoms with van der Waals surface area (Å²) in [5, 5.41) is 14.9. The van der Waals surface area contributed by atoms with Gasteiger partial charge in [-0.2, -0.15) is 5.10 Å². The molecule has 144 valence electrons. The Bertz CT molecular complexity index is 793. The molecule has 0 saturated carbocycles. The fraction of sp³-hybridized carbons (Fsp3) is 0.474. The minimum atomic E-state index is -0.966. The Morgan fingerprint density at radius 2 is 1.96 bits per heavy atom. The number of carbonyl (C=O) groups excluding carboxylic acids is 2. The third-order valence-electron chi connectivity index (χ3n) is 5.10. The van der Waals surface area contributed by atoms with Gasteiger partial charge in [0.05, 0.1) is 12.0 Å². The number of carboxylic acid groups (broad SMARTS) is 1. The highest BCUT2D eigenvalue weighted by atomic mass is 19.1. The van der Waals surface area contributed by atoms with Gasteiger partial charge in [0.1, 0.15) is 11.5 Å². The number of carboxylic acids is 1. The van der Waals surface area contributed by atoms with Crippen LogP contribution in [0.2, 0.25) is 0 Å². The predicted molar refractivity (Wildman–Crippen MR) is 95.2 cm³/mol. The maximum atomic E-state index is 13.0. The molecule has 2 aliphatic heterocycles. The summed E-state index contributed by atoms with van der Waals surface area (Å²) in [5.74, 6) is -1.81. The quantitative estimate of drug-likeness (QED) is 0.872. The zero-order valence-corrected chi connectivity index (χ0v) is 15.2. The van der Waals surface area contributed by atoms with E-state index < -0.39 is 11.4 Å². The number of carbonyl (C=O) groups is 3. The zero-order valence-electron chi connectivity index (χ0n) is 15.2. The van der Waals surface area contributed by atoms with Crippen molar-refractivity contribution in [1.29, 1.82) is 0 Å². The minimum Gasteiger partial charge on any atom is -0.481 e. The van der Waals surface area contributed by atoms with Crippen LogP contribution in [0, 0.1) is 11.2 Å². The Balaban J connectivity index is 1.74. The molecule has 8 heteroatoms. The first kappa shape index (κ1) is 19.0. The van der Waals surface area contributed by atoms with Crippen molar-refractivity contribution in [2.45, 2.75) is 39.2 Å². The first-order valence-corrected chi connectivity index (χ1v) is 8.93. The van der Waals surface area contributed by atoms with E-state index in [9.17, 15) is 23.9 Å². The molecule has 0 radical (unpaired) electrons. The average molecular weight is 375 g/mol. The lowest BCUT2D eigenvalue weighted by molar-refractivity contribution is -0.152. The van der Waals surface area contributed by atoms with Gasteiger partial charge in [0.15, 0.2) is 0 Å². The number of hydrogen-bond donors (Lipinski definition) is 1. The summed E-state index contributed by atoms with van der Waals surface area (Å²) in [5.41, 5.74) is -0.00258. The van der Waals surface area contributed by atoms with Crippen LogP contribution in [0.1, 0.15) is 38.2 Å². The van der Waals surface area contributed by atoms with E-state index >= 15 is 0 Å². The van der Waals surface area contributed by atoms with E-state index in [2.05, 4.69) is 5.10 Å². The van der Waals surface area contributed by atoms with Gasteiger partial charge in [0.2, 0.25) is 5.91 Å². The molecule has 1 aromatic carbocycles. The maximum Gasteiger partial charge on any atom is 0.311 e. The van der Waals surface area contributed by atoms with Crippen LogP contribution >= 0.6 is 0 Å². The van der Waals surface area contributed by atoms with E-state index in [1.54, 1.807) is 19.1 Å². The first-order chi connectivity index (χ1) is 12.8. The molecule has 1 aromatic rings. The maximum absolute atomic E-state index is 13.0. The molecule has 2 heterocycles. The smallest absolute Gasteiger partial charge is 0.311 e. The number of likely N-dealkylation sites (tertiary alicyclic amines) is 1. The molecule has 1 atom stereocenters. The summed E-state index contributed by atoms with van der Waals surface area (Å²) < 4.78 is 13.0. The number of rotatable bonds is 4. The van der Waals surface area contributed by atoms with Gasteiger partial charge in [-0.1, -0.05) is 12.1 Å². The summed E-state index contributed by atoms with van der Waals surface area (Å²) in [6.07, 6.45) is 1.53. The van der Waals surface area contributed by atoms with Crippen molar-refractivity contribution in [3.63, 3.8) is 0 Å². The van der Waals surface area contributed by atoms with Crippen LogP contribution in [0.3, 0.4) is 0 Å². The van der Waals surface area contributed by atoms with Gasteiger partial charge in [0, 0.05) is 25.9 Å². The molecule has 1 saturated heterocycles. The molecule has 0 aliphatic carbocycles. The van der Waals surface area contributed by atoms with Gasteiger partial charge in [0.25, 0.3) is 5.91 Å². The van der Waals surface area contributed by atoms with Crippen molar-refractivity contribution in [2.24, 2.45) is 10.5 Å². The molecule has 0 aromatic heterocycles. The highest BCUT2D eigenvalue weighted by Gasteiger charge is 2.40. The highest BCUT2D eigenvalue weighted by molar-refractivity contribution is 6.39. The predicted octanol–water partition coefficient (Wildman–Crippen LogP) is 2.02. The number of piperidine rings is 1. The molecule has 0 bridgehead atoms. The van der Waals surface area contributed by atoms with Crippen molar-refractivity contribution >= 4 is 23.5 Å². The first-order valence-electron chi connectivity index (χ1n) is 8.93. The second kappa shape index (κ2) is 7.46. The van der Waals surface area contributed by atoms with E-state index in [-0.39, 0.29) is 49.3 Å². The number of hydrazone groups is 1. The molecular weight excluding hydrogens is 353 g/mol. The molecule has 0 spiro atoms. The minimum absolute atomic E-state index is 0.131. The lowest BCUT2D eigenvalue weighted by Crippen LogP contribution is -2.51. The summed E-state index contributed by atoms with van der Waals surface area (Å²) in [4.78, 5) is 38.0. The number of amides is 2. The number of hydrogen-bond acceptors (Lipinski definition) is 4. The molecule has 2 amide bonds. The fourth-order valence-corrected chi connectivity index (χ4v) is 3.41. The van der Waals surface area contributed by atoms with Crippen molar-refractivity contribution in [3.05, 3.63) is 35.6 Å². The summed E-state index contributed by atoms with van der Waals surface area (Å²) in [7, 11) is 0. The monoisotopic (exact) mass is 375 g/mol. The Morgan fingerprint density at radius 1 is 1.26 bits per heavy atom. The Labute approximate surface area is 156 Å². The third-order valence-corrected chi connectivity index (χ3v) is 5.10. The van der Waals surface area contributed by atoms with Gasteiger partial charge in [-0.15, -0.1) is 0 Å². The molecule has 7 nitrogen and oxygen atoms in total. The molecule has 2 aliphatic rings. The number of aliphatic carboxylic acids is 1. The average Bonchev–Trinajstić information content (AvgIpc) is 2.64. The van der Waals surface area contributed by atoms with Crippen LogP contribution in [-0.2, 0) is 20.9 Å². The van der Waals surface area contributed by atoms with Crippen molar-refractivity contribution in [2.75, 3.05) is 13.1 Å². The standard InChI is InChI=1S/C19H22FN3O4/c1-19(18(26)27)9-2-10-22(12-19)17(25)15-7-8-16(24)23(21-15)11-13-3-5-14(20)6-4-13/h3-6H,2,7-12H2,1H3,(H,26,27). The molecule has 1 N–H and O–H groups in total. The molecule has 3 rings (SSSR count). The largest absolute Gasteiger partial charge is 0.481 e. The van der Waals surface area contributed by atoms with Crippen LogP contribution < -0.4 is 0 Å². The summed E-state index contributed by atoms with van der Waals surface area (Å²) in [6.45, 7) is 2.41. The van der Waals surface area contributed by atoms with Crippen molar-refractivity contribution < 1.29 is 23.9 Å². The lowest BCUT2D eigenvalue weighted by Gasteiger charge is -2.38. The van der Waals surface area contributed by atoms with Crippen molar-refractivity contribution in [1.82, 2.24) is 9.91 Å². The van der Waals surface area contributed by atoms with Gasteiger partial charge in [-0.3, -0.25) is 14.4 Å². The van der Waals surface area contributed by atoms with E-state index in [0.29, 0.717) is 24.9 Å². The van der Waals surface area contributed by atoms with Gasteiger partial charge in [-0.05, 0) is 37.5 Å². The van der Waals surface area contributed by atoms with E-state index in [1.807, 2.05) is 0 Å². The lowest BCUT2D eigenvalue weighted by atomic mass is 9.82. The second-order valence-electron chi connectivity index (χ2n) is 7.32. The summed E-state index contributed by atoms with van der Waals surface area (Å²) >= 11 is 0. The number of benzene rings is 1. The SMILES string of the molecule is CC1(C(=O)O)CCCN(C(=O)C2=NN(Cc3ccc(F)cc3)C(=O)CC2)C1. The summed E-state index contributed by atoms with van der Waals surface area (Å²) in [6, 6.07) is 5.74. The Morgan fingerprint density at radius 3 is 2.63 bits per heavy atom. The van der Waals surface area contributed by atoms with E-state index in [4.69, 9.17) is 0 Å². The third kappa shape index (κ3) is 4.15. The molecule has 1 unspecified atom stereocenters. The van der Waals surface area contributed by atoms with Crippen LogP contribution in [0.25, 0.3) is 0 Å². The van der Waals surface area contributed by atoms with Crippen LogP contribution in [-0.4, -0.2) is 51.6 Å². The van der Waals surface area contributed by atoms with Crippen molar-refractivity contribution in [3.8, 4) is 0 Å². The van der Waals surface area contributed by atoms with Gasteiger partial charge in [-0.25, -0.2) is 9.40 Å². The van der Waals surface area contributed by atoms with Crippen LogP contribution in [0.15, 0.2) is 29.4 Å². The van der Waals surface area contributed by atoms with Gasteiger partial charge >= 0.3 is 5.97 Å². The normalized spacial score (nSPS) is 23.2. The molecule has 27 heavy (non-hydrogen) atoms. The highest BCUT2D eigenvalue weighted by Crippen LogP contribution is 2.30. The van der Waals surface area contributed by atoms with Gasteiger partial charge < -0.3 is 10.0 Å². The second-order valence-corrected chi connectivity index (χ2v) is 7.32. The van der Waals surface area contributed by atoms with Crippen LogP contribution in [0.4, 0.5) is 4.39 Å². The number of halogens is 1. The topological polar surface area (TPSA) is 90.3 Å². The Hall–Kier alpha value is -2.77. The molecular formula is C19H22FN3O4. The number of nitrogens with zero attached hydrogens (tertiary/aromatic N) is 3. The van der Waals surface area contributed by atoms with E-state index in [1.165, 1.54) is 22.0 Å². The zero-order chi connectivity index (χ0) is 19.6.